The summed E-state index contributed by atoms with van der Waals surface area (Å²) in [6, 6.07) is 64.2. The highest BCUT2D eigenvalue weighted by Gasteiger charge is 2.25. The summed E-state index contributed by atoms with van der Waals surface area (Å²) in [5.41, 5.74) is 10.6. The normalized spacial score (nSPS) is 14.5. The van der Waals surface area contributed by atoms with Gasteiger partial charge in [0.2, 0.25) is 0 Å². The van der Waals surface area contributed by atoms with Crippen LogP contribution in [0.3, 0.4) is 0 Å². The summed E-state index contributed by atoms with van der Waals surface area (Å²) in [6.07, 6.45) is -0.273. The van der Waals surface area contributed by atoms with E-state index in [-0.39, 0.29) is 6.17 Å². The van der Waals surface area contributed by atoms with E-state index in [1.807, 2.05) is 24.3 Å². The van der Waals surface area contributed by atoms with E-state index in [1.165, 1.54) is 47.5 Å². The van der Waals surface area contributed by atoms with Crippen LogP contribution in [0.5, 0.6) is 0 Å². The lowest BCUT2D eigenvalue weighted by Crippen LogP contribution is -2.33. The molecule has 11 aromatic rings. The Morgan fingerprint density at radius 1 is 0.509 bits per heavy atom. The lowest BCUT2D eigenvalue weighted by molar-refractivity contribution is 0.669. The summed E-state index contributed by atoms with van der Waals surface area (Å²) in [4.78, 5) is 10.4. The molecule has 1 aliphatic heterocycles. The third-order valence-electron chi connectivity index (χ3n) is 11.3. The third kappa shape index (κ3) is 4.94. The van der Waals surface area contributed by atoms with E-state index in [4.69, 9.17) is 14.4 Å². The molecule has 3 aromatic heterocycles. The first-order valence-electron chi connectivity index (χ1n) is 19.2. The van der Waals surface area contributed by atoms with Crippen LogP contribution in [0.25, 0.3) is 80.7 Å². The fourth-order valence-corrected chi connectivity index (χ4v) is 10.0. The standard InChI is InChI=1S/C51H32N4OS/c1-3-15-31(16-4-1)49-52-50(32-17-5-2-6-18-32)54-51(53-49)38-24-11-23-37-45-35(22-13-30-44(45)57-48(37)38)36-21-12-28-42-46(36)47-41(27-14-29-43(47)56-42)55-39-25-9-7-19-33(39)34-20-8-10-26-40(34)55/h1-30,49H,(H,52,53,54). The van der Waals surface area contributed by atoms with Crippen molar-refractivity contribution in [3.63, 3.8) is 0 Å². The Balaban J connectivity index is 1.09. The molecule has 6 heteroatoms. The minimum atomic E-state index is -0.273. The Morgan fingerprint density at radius 3 is 1.88 bits per heavy atom. The summed E-state index contributed by atoms with van der Waals surface area (Å²) in [6.45, 7) is 0. The van der Waals surface area contributed by atoms with Gasteiger partial charge in [-0.3, -0.25) is 0 Å². The van der Waals surface area contributed by atoms with Crippen molar-refractivity contribution in [3.8, 4) is 16.8 Å². The second-order valence-electron chi connectivity index (χ2n) is 14.5. The van der Waals surface area contributed by atoms with Crippen LogP contribution in [0.2, 0.25) is 0 Å². The molecule has 4 heterocycles. The van der Waals surface area contributed by atoms with Crippen molar-refractivity contribution in [2.45, 2.75) is 6.17 Å². The number of thiophene rings is 1. The number of hydrogen-bond donors (Lipinski definition) is 1. The number of nitrogens with one attached hydrogen (secondary N) is 1. The Bertz CT molecular complexity index is 3390. The zero-order valence-corrected chi connectivity index (χ0v) is 31.4. The maximum Gasteiger partial charge on any atom is 0.160 e. The monoisotopic (exact) mass is 748 g/mol. The number of amidine groups is 2. The van der Waals surface area contributed by atoms with Crippen LogP contribution in [-0.4, -0.2) is 16.2 Å². The molecule has 0 bridgehead atoms. The Hall–Kier alpha value is -7.28. The largest absolute Gasteiger partial charge is 0.456 e. The highest BCUT2D eigenvalue weighted by molar-refractivity contribution is 7.26. The van der Waals surface area contributed by atoms with Crippen molar-refractivity contribution in [1.29, 1.82) is 0 Å². The minimum absolute atomic E-state index is 0.273. The average Bonchev–Trinajstić information content (AvgIpc) is 3.97. The first-order valence-corrected chi connectivity index (χ1v) is 20.0. The molecule has 0 radical (unpaired) electrons. The van der Waals surface area contributed by atoms with Gasteiger partial charge in [0.15, 0.2) is 5.84 Å². The second-order valence-corrected chi connectivity index (χ2v) is 15.6. The molecule has 0 spiro atoms. The molecule has 5 nitrogen and oxygen atoms in total. The molecule has 1 unspecified atom stereocenters. The van der Waals surface area contributed by atoms with E-state index >= 15 is 0 Å². The predicted octanol–water partition coefficient (Wildman–Crippen LogP) is 13.2. The van der Waals surface area contributed by atoms with Gasteiger partial charge < -0.3 is 14.3 Å². The van der Waals surface area contributed by atoms with Crippen molar-refractivity contribution in [1.82, 2.24) is 9.88 Å². The van der Waals surface area contributed by atoms with Crippen LogP contribution < -0.4 is 5.32 Å². The Labute approximate surface area is 331 Å². The van der Waals surface area contributed by atoms with Crippen molar-refractivity contribution < 1.29 is 4.42 Å². The van der Waals surface area contributed by atoms with E-state index in [1.54, 1.807) is 11.3 Å². The number of aromatic nitrogens is 1. The van der Waals surface area contributed by atoms with Crippen LogP contribution in [-0.2, 0) is 0 Å². The van der Waals surface area contributed by atoms with Gasteiger partial charge in [-0.05, 0) is 59.2 Å². The molecule has 12 rings (SSSR count). The van der Waals surface area contributed by atoms with Gasteiger partial charge in [-0.2, -0.15) is 0 Å². The van der Waals surface area contributed by atoms with Crippen molar-refractivity contribution >= 4 is 86.9 Å². The molecule has 1 atom stereocenters. The van der Waals surface area contributed by atoms with Crippen LogP contribution in [0.15, 0.2) is 196 Å². The molecule has 0 saturated carbocycles. The maximum atomic E-state index is 6.70. The molecule has 268 valence electrons. The minimum Gasteiger partial charge on any atom is -0.456 e. The van der Waals surface area contributed by atoms with Crippen LogP contribution >= 0.6 is 11.3 Å². The molecular formula is C51H32N4OS. The summed E-state index contributed by atoms with van der Waals surface area (Å²) < 4.78 is 11.5. The Morgan fingerprint density at radius 2 is 1.11 bits per heavy atom. The van der Waals surface area contributed by atoms with E-state index in [0.717, 1.165) is 61.6 Å². The predicted molar refractivity (Wildman–Crippen MR) is 238 cm³/mol. The number of benzene rings is 8. The zero-order valence-electron chi connectivity index (χ0n) is 30.6. The molecule has 0 saturated heterocycles. The molecule has 0 fully saturated rings. The third-order valence-corrected chi connectivity index (χ3v) is 12.5. The Kier molecular flexibility index (Phi) is 7.09. The number of hydrogen-bond acceptors (Lipinski definition) is 5. The number of rotatable bonds is 5. The molecule has 1 N–H and O–H groups in total. The van der Waals surface area contributed by atoms with Crippen molar-refractivity contribution in [2.75, 3.05) is 0 Å². The lowest BCUT2D eigenvalue weighted by atomic mass is 9.94. The summed E-state index contributed by atoms with van der Waals surface area (Å²) in [7, 11) is 0. The van der Waals surface area contributed by atoms with Gasteiger partial charge in [0, 0.05) is 47.5 Å². The van der Waals surface area contributed by atoms with Crippen molar-refractivity contribution in [3.05, 3.63) is 199 Å². The van der Waals surface area contributed by atoms with Gasteiger partial charge in [0.25, 0.3) is 0 Å². The van der Waals surface area contributed by atoms with Gasteiger partial charge in [0.1, 0.15) is 23.2 Å². The van der Waals surface area contributed by atoms with Gasteiger partial charge in [0.05, 0.1) is 22.1 Å². The van der Waals surface area contributed by atoms with Crippen LogP contribution in [0.4, 0.5) is 0 Å². The van der Waals surface area contributed by atoms with Gasteiger partial charge in [-0.15, -0.1) is 11.3 Å². The maximum absolute atomic E-state index is 6.70. The van der Waals surface area contributed by atoms with Gasteiger partial charge in [-0.1, -0.05) is 140 Å². The quantitative estimate of drug-likeness (QED) is 0.191. The SMILES string of the molecule is c1ccc(C2=NC(c3cccc4c3sc3cccc(-c5cccc6oc7cccc(-n8c9ccccc9c9ccccc98)c7c56)c34)=NC(c3ccccc3)N2)cc1. The lowest BCUT2D eigenvalue weighted by Gasteiger charge is -2.23. The first kappa shape index (κ1) is 32.0. The molecule has 0 amide bonds. The molecule has 1 aliphatic rings. The van der Waals surface area contributed by atoms with Crippen LogP contribution in [0, 0.1) is 0 Å². The van der Waals surface area contributed by atoms with E-state index in [0.29, 0.717) is 0 Å². The number of para-hydroxylation sites is 2. The van der Waals surface area contributed by atoms with Gasteiger partial charge in [-0.25, -0.2) is 9.98 Å². The first-order chi connectivity index (χ1) is 28.3. The van der Waals surface area contributed by atoms with E-state index in [9.17, 15) is 0 Å². The average molecular weight is 749 g/mol. The summed E-state index contributed by atoms with van der Waals surface area (Å²) in [5.74, 6) is 1.53. The number of furan rings is 1. The topological polar surface area (TPSA) is 54.8 Å². The molecular weight excluding hydrogens is 717 g/mol. The van der Waals surface area contributed by atoms with Crippen molar-refractivity contribution in [2.24, 2.45) is 9.98 Å². The smallest absolute Gasteiger partial charge is 0.160 e. The van der Waals surface area contributed by atoms with E-state index in [2.05, 4.69) is 168 Å². The molecule has 57 heavy (non-hydrogen) atoms. The summed E-state index contributed by atoms with van der Waals surface area (Å²) in [5, 5.41) is 10.7. The van der Waals surface area contributed by atoms with E-state index < -0.39 is 0 Å². The fraction of sp³-hybridized carbons (Fsp3) is 0.0196. The highest BCUT2D eigenvalue weighted by Crippen LogP contribution is 2.47. The fourth-order valence-electron chi connectivity index (χ4n) is 8.81. The second kappa shape index (κ2) is 12.6. The molecule has 8 aromatic carbocycles. The van der Waals surface area contributed by atoms with Gasteiger partial charge >= 0.3 is 0 Å². The number of aliphatic imine (C=N–C) groups is 2. The van der Waals surface area contributed by atoms with Crippen LogP contribution in [0.1, 0.15) is 22.9 Å². The molecule has 0 aliphatic carbocycles. The number of nitrogens with zero attached hydrogens (tertiary/aromatic N) is 3. The summed E-state index contributed by atoms with van der Waals surface area (Å²) >= 11 is 1.80. The highest BCUT2D eigenvalue weighted by atomic mass is 32.1. The zero-order chi connectivity index (χ0) is 37.5. The number of fused-ring (bicyclic) bond motifs is 9.